The van der Waals surface area contributed by atoms with E-state index in [0.717, 1.165) is 6.54 Å². The third kappa shape index (κ3) is 3.02. The van der Waals surface area contributed by atoms with Crippen LogP contribution in [0.1, 0.15) is 64.0 Å². The topological polar surface area (TPSA) is 12.0 Å². The maximum Gasteiger partial charge on any atom is 0.0390 e. The van der Waals surface area contributed by atoms with Crippen LogP contribution >= 0.6 is 11.3 Å². The summed E-state index contributed by atoms with van der Waals surface area (Å²) in [6.07, 6.45) is 8.11. The van der Waals surface area contributed by atoms with Crippen LogP contribution in [0, 0.1) is 5.41 Å². The summed E-state index contributed by atoms with van der Waals surface area (Å²) in [6, 6.07) is 9.59. The van der Waals surface area contributed by atoms with Crippen LogP contribution in [0.4, 0.5) is 0 Å². The zero-order valence-electron chi connectivity index (χ0n) is 13.3. The average molecular weight is 301 g/mol. The van der Waals surface area contributed by atoms with Crippen molar-refractivity contribution < 1.29 is 0 Å². The van der Waals surface area contributed by atoms with E-state index in [1.54, 1.807) is 0 Å². The molecule has 0 aliphatic heterocycles. The molecule has 2 heteroatoms. The second-order valence-corrected chi connectivity index (χ2v) is 7.70. The Morgan fingerprint density at radius 3 is 2.76 bits per heavy atom. The predicted molar refractivity (Wildman–Crippen MR) is 94.1 cm³/mol. The highest BCUT2D eigenvalue weighted by Gasteiger charge is 2.36. The summed E-state index contributed by atoms with van der Waals surface area (Å²) in [4.78, 5) is 0. The highest BCUT2D eigenvalue weighted by molar-refractivity contribution is 7.17. The van der Waals surface area contributed by atoms with Crippen LogP contribution in [-0.2, 0) is 0 Å². The van der Waals surface area contributed by atoms with E-state index < -0.39 is 0 Å². The van der Waals surface area contributed by atoms with Crippen molar-refractivity contribution in [3.8, 4) is 0 Å². The molecule has 1 aliphatic rings. The molecular formula is C19H27NS. The average Bonchev–Trinajstić information content (AvgIpc) is 2.97. The van der Waals surface area contributed by atoms with Crippen molar-refractivity contribution in [3.63, 3.8) is 0 Å². The van der Waals surface area contributed by atoms with Gasteiger partial charge in [-0.25, -0.2) is 0 Å². The lowest BCUT2D eigenvalue weighted by Gasteiger charge is -2.42. The Bertz CT molecular complexity index is 580. The largest absolute Gasteiger partial charge is 0.309 e. The predicted octanol–water partition coefficient (Wildman–Crippen LogP) is 5.91. The minimum absolute atomic E-state index is 0.408. The van der Waals surface area contributed by atoms with E-state index >= 15 is 0 Å². The maximum absolute atomic E-state index is 3.88. The molecule has 2 aromatic rings. The van der Waals surface area contributed by atoms with Crippen LogP contribution in [0.2, 0.25) is 0 Å². The number of benzene rings is 1. The van der Waals surface area contributed by atoms with E-state index in [1.165, 1.54) is 54.2 Å². The highest BCUT2D eigenvalue weighted by atomic mass is 32.1. The van der Waals surface area contributed by atoms with Gasteiger partial charge in [0.15, 0.2) is 0 Å². The van der Waals surface area contributed by atoms with Crippen LogP contribution in [0.5, 0.6) is 0 Å². The van der Waals surface area contributed by atoms with Gasteiger partial charge < -0.3 is 5.32 Å². The minimum Gasteiger partial charge on any atom is -0.309 e. The summed E-state index contributed by atoms with van der Waals surface area (Å²) in [6.45, 7) is 5.88. The summed E-state index contributed by atoms with van der Waals surface area (Å²) in [7, 11) is 0. The number of fused-ring (bicyclic) bond motifs is 1. The van der Waals surface area contributed by atoms with Gasteiger partial charge in [-0.05, 0) is 53.6 Å². The molecule has 0 amide bonds. The molecule has 114 valence electrons. The molecule has 1 aromatic carbocycles. The fourth-order valence-electron chi connectivity index (χ4n) is 3.91. The van der Waals surface area contributed by atoms with Crippen LogP contribution < -0.4 is 5.32 Å². The summed E-state index contributed by atoms with van der Waals surface area (Å²) >= 11 is 1.90. The van der Waals surface area contributed by atoms with Gasteiger partial charge in [-0.15, -0.1) is 11.3 Å². The number of hydrogen-bond acceptors (Lipinski definition) is 2. The molecule has 1 nitrogen and oxygen atoms in total. The molecule has 0 saturated heterocycles. The van der Waals surface area contributed by atoms with Gasteiger partial charge in [0.25, 0.3) is 0 Å². The first-order valence-electron chi connectivity index (χ1n) is 8.44. The Morgan fingerprint density at radius 2 is 2.00 bits per heavy atom. The van der Waals surface area contributed by atoms with Gasteiger partial charge in [0.1, 0.15) is 0 Å². The quantitative estimate of drug-likeness (QED) is 0.723. The molecular weight excluding hydrogens is 274 g/mol. The summed E-state index contributed by atoms with van der Waals surface area (Å²) < 4.78 is 1.48. The minimum atomic E-state index is 0.408. The van der Waals surface area contributed by atoms with Crippen LogP contribution in [0.25, 0.3) is 10.1 Å². The lowest BCUT2D eigenvalue weighted by molar-refractivity contribution is 0.145. The number of rotatable bonds is 5. The lowest BCUT2D eigenvalue weighted by atomic mass is 9.68. The molecule has 1 atom stereocenters. The highest BCUT2D eigenvalue weighted by Crippen LogP contribution is 2.47. The number of nitrogens with one attached hydrogen (secondary N) is 1. The lowest BCUT2D eigenvalue weighted by Crippen LogP contribution is -2.38. The Balaban J connectivity index is 2.00. The normalized spacial score (nSPS) is 19.7. The smallest absolute Gasteiger partial charge is 0.0390 e. The van der Waals surface area contributed by atoms with Gasteiger partial charge in [-0.3, -0.25) is 0 Å². The van der Waals surface area contributed by atoms with E-state index in [0.29, 0.717) is 11.5 Å². The van der Waals surface area contributed by atoms with Crippen molar-refractivity contribution in [3.05, 3.63) is 35.2 Å². The second-order valence-electron chi connectivity index (χ2n) is 6.79. The Hall–Kier alpha value is -0.860. The van der Waals surface area contributed by atoms with Gasteiger partial charge in [0.2, 0.25) is 0 Å². The fourth-order valence-corrected chi connectivity index (χ4v) is 4.86. The first-order chi connectivity index (χ1) is 10.2. The zero-order chi connectivity index (χ0) is 14.7. The second kappa shape index (κ2) is 6.50. The molecule has 1 heterocycles. The molecule has 21 heavy (non-hydrogen) atoms. The van der Waals surface area contributed by atoms with Crippen LogP contribution in [-0.4, -0.2) is 6.54 Å². The van der Waals surface area contributed by atoms with Gasteiger partial charge in [-0.2, -0.15) is 0 Å². The number of hydrogen-bond donors (Lipinski definition) is 1. The van der Waals surface area contributed by atoms with Gasteiger partial charge in [-0.1, -0.05) is 51.3 Å². The Kier molecular flexibility index (Phi) is 4.66. The molecule has 3 rings (SSSR count). The molecule has 0 spiro atoms. The van der Waals surface area contributed by atoms with Gasteiger partial charge in [0.05, 0.1) is 0 Å². The van der Waals surface area contributed by atoms with E-state index in [9.17, 15) is 0 Å². The summed E-state index contributed by atoms with van der Waals surface area (Å²) in [5, 5.41) is 7.52. The maximum atomic E-state index is 3.88. The number of thiophene rings is 1. The summed E-state index contributed by atoms with van der Waals surface area (Å²) in [5.41, 5.74) is 1.94. The first-order valence-corrected chi connectivity index (χ1v) is 9.32. The van der Waals surface area contributed by atoms with E-state index in [4.69, 9.17) is 0 Å². The third-order valence-corrected chi connectivity index (χ3v) is 6.09. The standard InChI is InChI=1S/C19H27NS/c1-3-13-20-18(19(2)11-5-4-6-12-19)16-9-7-8-15-10-14-21-17(15)16/h7-10,14,18,20H,3-6,11-13H2,1-2H3. The zero-order valence-corrected chi connectivity index (χ0v) is 14.1. The van der Waals surface area contributed by atoms with Gasteiger partial charge >= 0.3 is 0 Å². The molecule has 1 N–H and O–H groups in total. The van der Waals surface area contributed by atoms with Crippen molar-refractivity contribution in [2.45, 2.75) is 58.4 Å². The van der Waals surface area contributed by atoms with Crippen LogP contribution in [0.3, 0.4) is 0 Å². The first kappa shape index (κ1) is 15.1. The van der Waals surface area contributed by atoms with Crippen molar-refractivity contribution in [2.24, 2.45) is 5.41 Å². The molecule has 0 radical (unpaired) electrons. The molecule has 1 saturated carbocycles. The van der Waals surface area contributed by atoms with Crippen molar-refractivity contribution in [1.29, 1.82) is 0 Å². The molecule has 1 fully saturated rings. The Morgan fingerprint density at radius 1 is 1.19 bits per heavy atom. The fraction of sp³-hybridized carbons (Fsp3) is 0.579. The third-order valence-electron chi connectivity index (χ3n) is 5.11. The SMILES string of the molecule is CCCNC(c1cccc2ccsc12)C1(C)CCCCC1. The van der Waals surface area contributed by atoms with Crippen molar-refractivity contribution >= 4 is 21.4 Å². The summed E-state index contributed by atoms with van der Waals surface area (Å²) in [5.74, 6) is 0. The van der Waals surface area contributed by atoms with E-state index in [-0.39, 0.29) is 0 Å². The Labute approximate surface area is 132 Å². The van der Waals surface area contributed by atoms with Gasteiger partial charge in [0, 0.05) is 10.7 Å². The molecule has 1 aliphatic carbocycles. The monoisotopic (exact) mass is 301 g/mol. The van der Waals surface area contributed by atoms with Crippen molar-refractivity contribution in [2.75, 3.05) is 6.54 Å². The molecule has 0 bridgehead atoms. The van der Waals surface area contributed by atoms with Crippen LogP contribution in [0.15, 0.2) is 29.6 Å². The van der Waals surface area contributed by atoms with E-state index in [1.807, 2.05) is 11.3 Å². The van der Waals surface area contributed by atoms with E-state index in [2.05, 4.69) is 48.8 Å². The molecule has 1 unspecified atom stereocenters. The van der Waals surface area contributed by atoms with Crippen molar-refractivity contribution in [1.82, 2.24) is 5.32 Å². The molecule has 1 aromatic heterocycles.